The zero-order valence-electron chi connectivity index (χ0n) is 9.95. The summed E-state index contributed by atoms with van der Waals surface area (Å²) in [6.07, 6.45) is 3.32. The van der Waals surface area contributed by atoms with E-state index in [0.29, 0.717) is 18.9 Å². The number of amides is 1. The van der Waals surface area contributed by atoms with Crippen molar-refractivity contribution >= 4 is 45.5 Å². The molecule has 1 atom stereocenters. The lowest BCUT2D eigenvalue weighted by Crippen LogP contribution is -2.27. The molecule has 3 N–H and O–H groups in total. The molecular weight excluding hydrogens is 361 g/mol. The van der Waals surface area contributed by atoms with Gasteiger partial charge in [0.1, 0.15) is 17.8 Å². The minimum atomic E-state index is -0.872. The number of fused-ring (bicyclic) bond motifs is 1. The Morgan fingerprint density at radius 3 is 3.00 bits per heavy atom. The fraction of sp³-hybridized carbons (Fsp3) is 0.364. The summed E-state index contributed by atoms with van der Waals surface area (Å²) < 4.78 is 3.00. The van der Waals surface area contributed by atoms with Crippen LogP contribution in [-0.2, 0) is 0 Å². The summed E-state index contributed by atoms with van der Waals surface area (Å²) in [6, 6.07) is 0.108. The maximum Gasteiger partial charge on any atom is 0.407 e. The van der Waals surface area contributed by atoms with Crippen LogP contribution < -0.4 is 5.73 Å². The maximum atomic E-state index is 11.0. The molecule has 0 bridgehead atoms. The number of halogens is 1. The van der Waals surface area contributed by atoms with Crippen LogP contribution in [0.4, 0.5) is 10.6 Å². The highest BCUT2D eigenvalue weighted by molar-refractivity contribution is 14.1. The highest BCUT2D eigenvalue weighted by Crippen LogP contribution is 2.31. The van der Waals surface area contributed by atoms with Gasteiger partial charge in [0, 0.05) is 22.9 Å². The molecular formula is C11H12IN5O2. The molecule has 0 radical (unpaired) electrons. The van der Waals surface area contributed by atoms with E-state index in [1.807, 2.05) is 10.8 Å². The van der Waals surface area contributed by atoms with Crippen molar-refractivity contribution in [3.8, 4) is 0 Å². The van der Waals surface area contributed by atoms with Gasteiger partial charge in [0.25, 0.3) is 0 Å². The van der Waals surface area contributed by atoms with Crippen molar-refractivity contribution in [2.24, 2.45) is 0 Å². The molecule has 0 saturated carbocycles. The van der Waals surface area contributed by atoms with Crippen molar-refractivity contribution in [1.82, 2.24) is 19.4 Å². The van der Waals surface area contributed by atoms with E-state index in [1.54, 1.807) is 0 Å². The number of hydrogen-bond acceptors (Lipinski definition) is 4. The van der Waals surface area contributed by atoms with Crippen molar-refractivity contribution in [3.05, 3.63) is 16.1 Å². The molecule has 0 unspecified atom stereocenters. The Balaban J connectivity index is 2.03. The van der Waals surface area contributed by atoms with Gasteiger partial charge in [-0.05, 0) is 29.0 Å². The standard InChI is InChI=1S/C11H12IN5O2/c12-7-4-17(6-1-2-16(3-6)11(18)19)10-8(7)9(13)14-5-15-10/h4-6H,1-3H2,(H,18,19)(H2,13,14,15)/t6-/m0/s1. The van der Waals surface area contributed by atoms with Gasteiger partial charge >= 0.3 is 6.09 Å². The molecule has 1 saturated heterocycles. The van der Waals surface area contributed by atoms with Crippen LogP contribution >= 0.6 is 22.6 Å². The molecule has 2 aromatic heterocycles. The van der Waals surface area contributed by atoms with Crippen LogP contribution in [0.25, 0.3) is 11.0 Å². The summed E-state index contributed by atoms with van der Waals surface area (Å²) >= 11 is 2.20. The van der Waals surface area contributed by atoms with Crippen molar-refractivity contribution in [2.45, 2.75) is 12.5 Å². The molecule has 3 heterocycles. The lowest BCUT2D eigenvalue weighted by atomic mass is 10.2. The molecule has 7 nitrogen and oxygen atoms in total. The van der Waals surface area contributed by atoms with E-state index in [4.69, 9.17) is 10.8 Å². The first-order valence-electron chi connectivity index (χ1n) is 5.82. The fourth-order valence-electron chi connectivity index (χ4n) is 2.48. The van der Waals surface area contributed by atoms with Crippen LogP contribution in [0.2, 0.25) is 0 Å². The highest BCUT2D eigenvalue weighted by atomic mass is 127. The zero-order valence-corrected chi connectivity index (χ0v) is 12.1. The zero-order chi connectivity index (χ0) is 13.6. The molecule has 3 rings (SSSR count). The number of hydrogen-bond donors (Lipinski definition) is 2. The minimum Gasteiger partial charge on any atom is -0.465 e. The summed E-state index contributed by atoms with van der Waals surface area (Å²) in [7, 11) is 0. The third-order valence-corrected chi connectivity index (χ3v) is 4.24. The Hall–Kier alpha value is -1.58. The summed E-state index contributed by atoms with van der Waals surface area (Å²) in [5.41, 5.74) is 6.64. The molecule has 8 heteroatoms. The SMILES string of the molecule is Nc1ncnc2c1c(I)cn2[C@H]1CCN(C(=O)O)C1. The van der Waals surface area contributed by atoms with E-state index < -0.39 is 6.09 Å². The number of likely N-dealkylation sites (tertiary alicyclic amines) is 1. The first-order chi connectivity index (χ1) is 9.08. The monoisotopic (exact) mass is 373 g/mol. The Morgan fingerprint density at radius 1 is 1.53 bits per heavy atom. The van der Waals surface area contributed by atoms with Crippen LogP contribution in [-0.4, -0.2) is 43.7 Å². The molecule has 2 aromatic rings. The third-order valence-electron chi connectivity index (χ3n) is 3.42. The first-order valence-corrected chi connectivity index (χ1v) is 6.90. The number of nitrogen functional groups attached to an aromatic ring is 1. The van der Waals surface area contributed by atoms with Gasteiger partial charge in [-0.15, -0.1) is 0 Å². The molecule has 0 aliphatic carbocycles. The second-order valence-electron chi connectivity index (χ2n) is 4.51. The van der Waals surface area contributed by atoms with E-state index in [-0.39, 0.29) is 6.04 Å². The average Bonchev–Trinajstić information content (AvgIpc) is 2.95. The number of rotatable bonds is 1. The second kappa shape index (κ2) is 4.51. The second-order valence-corrected chi connectivity index (χ2v) is 5.68. The molecule has 100 valence electrons. The van der Waals surface area contributed by atoms with Crippen molar-refractivity contribution in [2.75, 3.05) is 18.8 Å². The molecule has 1 amide bonds. The molecule has 1 aliphatic heterocycles. The van der Waals surface area contributed by atoms with Gasteiger partial charge in [-0.3, -0.25) is 0 Å². The molecule has 1 fully saturated rings. The number of carbonyl (C=O) groups is 1. The third kappa shape index (κ3) is 1.99. The fourth-order valence-corrected chi connectivity index (χ4v) is 3.30. The maximum absolute atomic E-state index is 11.0. The van der Waals surface area contributed by atoms with Crippen LogP contribution in [0.1, 0.15) is 12.5 Å². The summed E-state index contributed by atoms with van der Waals surface area (Å²) in [5, 5.41) is 9.85. The van der Waals surface area contributed by atoms with Gasteiger partial charge in [0.15, 0.2) is 0 Å². The molecule has 0 spiro atoms. The lowest BCUT2D eigenvalue weighted by molar-refractivity contribution is 0.154. The Kier molecular flexibility index (Phi) is 2.96. The Morgan fingerprint density at radius 2 is 2.32 bits per heavy atom. The summed E-state index contributed by atoms with van der Waals surface area (Å²) in [4.78, 5) is 20.7. The van der Waals surface area contributed by atoms with E-state index in [1.165, 1.54) is 11.2 Å². The summed E-state index contributed by atoms with van der Waals surface area (Å²) in [5.74, 6) is 0.459. The normalized spacial score (nSPS) is 19.2. The first kappa shape index (κ1) is 12.5. The van der Waals surface area contributed by atoms with Crippen LogP contribution in [0.3, 0.4) is 0 Å². The van der Waals surface area contributed by atoms with Crippen LogP contribution in [0.5, 0.6) is 0 Å². The summed E-state index contributed by atoms with van der Waals surface area (Å²) in [6.45, 7) is 1.04. The van der Waals surface area contributed by atoms with Crippen LogP contribution in [0.15, 0.2) is 12.5 Å². The smallest absolute Gasteiger partial charge is 0.407 e. The van der Waals surface area contributed by atoms with Crippen molar-refractivity contribution < 1.29 is 9.90 Å². The van der Waals surface area contributed by atoms with Gasteiger partial charge in [0.2, 0.25) is 0 Å². The predicted molar refractivity (Wildman–Crippen MR) is 77.9 cm³/mol. The number of nitrogens with two attached hydrogens (primary N) is 1. The minimum absolute atomic E-state index is 0.108. The van der Waals surface area contributed by atoms with Gasteiger partial charge in [-0.2, -0.15) is 0 Å². The highest BCUT2D eigenvalue weighted by Gasteiger charge is 2.28. The van der Waals surface area contributed by atoms with E-state index >= 15 is 0 Å². The quantitative estimate of drug-likeness (QED) is 0.740. The Bertz CT molecular complexity index is 656. The van der Waals surface area contributed by atoms with Gasteiger partial charge in [-0.1, -0.05) is 0 Å². The lowest BCUT2D eigenvalue weighted by Gasteiger charge is -2.14. The number of anilines is 1. The van der Waals surface area contributed by atoms with Gasteiger partial charge < -0.3 is 20.3 Å². The largest absolute Gasteiger partial charge is 0.465 e. The number of nitrogens with zero attached hydrogens (tertiary/aromatic N) is 4. The topological polar surface area (TPSA) is 97.3 Å². The number of carboxylic acid groups (broad SMARTS) is 1. The van der Waals surface area contributed by atoms with Crippen molar-refractivity contribution in [3.63, 3.8) is 0 Å². The average molecular weight is 373 g/mol. The predicted octanol–water partition coefficient (Wildman–Crippen LogP) is 1.54. The van der Waals surface area contributed by atoms with E-state index in [9.17, 15) is 4.79 Å². The van der Waals surface area contributed by atoms with E-state index in [0.717, 1.165) is 21.0 Å². The van der Waals surface area contributed by atoms with Gasteiger partial charge in [-0.25, -0.2) is 14.8 Å². The van der Waals surface area contributed by atoms with Gasteiger partial charge in [0.05, 0.1) is 11.4 Å². The molecule has 0 aromatic carbocycles. The van der Waals surface area contributed by atoms with Crippen molar-refractivity contribution in [1.29, 1.82) is 0 Å². The molecule has 19 heavy (non-hydrogen) atoms. The number of aromatic nitrogens is 3. The van der Waals surface area contributed by atoms with E-state index in [2.05, 4.69) is 32.6 Å². The van der Waals surface area contributed by atoms with Crippen LogP contribution in [0, 0.1) is 3.57 Å². The molecule has 1 aliphatic rings. The Labute approximate surface area is 122 Å².